The van der Waals surface area contributed by atoms with E-state index in [9.17, 15) is 28.8 Å². The molecule has 63 heavy (non-hydrogen) atoms. The first-order valence-electron chi connectivity index (χ1n) is 20.9. The van der Waals surface area contributed by atoms with Crippen LogP contribution in [0, 0.1) is 0 Å². The minimum atomic E-state index is -3.00. The summed E-state index contributed by atoms with van der Waals surface area (Å²) in [5.41, 5.74) is 1.00. The molecule has 0 aliphatic carbocycles. The Morgan fingerprint density at radius 2 is 1.32 bits per heavy atom. The zero-order valence-electron chi connectivity index (χ0n) is 36.8. The molecular formula is C51H52ClN3O8. The van der Waals surface area contributed by atoms with Gasteiger partial charge in [-0.2, -0.15) is 0 Å². The number of amides is 4. The molecule has 326 valence electrons. The van der Waals surface area contributed by atoms with Gasteiger partial charge in [0.1, 0.15) is 11.5 Å². The maximum Gasteiger partial charge on any atom is 0.274 e. The molecule has 0 spiro atoms. The molecule has 11 nitrogen and oxygen atoms in total. The summed E-state index contributed by atoms with van der Waals surface area (Å²) in [5, 5.41) is 5.39. The van der Waals surface area contributed by atoms with E-state index in [1.165, 1.54) is 55.6 Å². The molecule has 0 saturated heterocycles. The molecule has 2 unspecified atom stereocenters. The number of carbonyl (C=O) groups excluding carboxylic acids is 6. The van der Waals surface area contributed by atoms with Crippen LogP contribution in [-0.4, -0.2) is 58.3 Å². The van der Waals surface area contributed by atoms with Gasteiger partial charge >= 0.3 is 0 Å². The number of hydrogen-bond acceptors (Lipinski definition) is 8. The summed E-state index contributed by atoms with van der Waals surface area (Å²) in [6, 6.07) is 30.4. The number of para-hydroxylation sites is 1. The van der Waals surface area contributed by atoms with Gasteiger partial charge in [0, 0.05) is 33.6 Å². The number of rotatable bonds is 17. The Balaban J connectivity index is 1.43. The molecule has 0 radical (unpaired) electrons. The topological polar surface area (TPSA) is 148 Å². The van der Waals surface area contributed by atoms with Gasteiger partial charge in [-0.25, -0.2) is 4.90 Å². The predicted molar refractivity (Wildman–Crippen MR) is 244 cm³/mol. The van der Waals surface area contributed by atoms with Gasteiger partial charge in [0.15, 0.2) is 11.9 Å². The fraction of sp³-hybridized carbons (Fsp3) is 0.294. The number of benzene rings is 5. The second kappa shape index (κ2) is 18.4. The average Bonchev–Trinajstić information content (AvgIpc) is 3.55. The second-order valence-electron chi connectivity index (χ2n) is 16.8. The lowest BCUT2D eigenvalue weighted by Gasteiger charge is -2.32. The fourth-order valence-corrected chi connectivity index (χ4v) is 7.60. The lowest BCUT2D eigenvalue weighted by molar-refractivity contribution is -0.123. The second-order valence-corrected chi connectivity index (χ2v) is 17.3. The molecule has 2 atom stereocenters. The van der Waals surface area contributed by atoms with E-state index >= 15 is 0 Å². The quantitative estimate of drug-likeness (QED) is 0.0309. The zero-order chi connectivity index (χ0) is 45.9. The van der Waals surface area contributed by atoms with Crippen molar-refractivity contribution in [2.24, 2.45) is 0 Å². The Hall–Kier alpha value is -6.59. The highest BCUT2D eigenvalue weighted by atomic mass is 35.5. The number of anilines is 2. The van der Waals surface area contributed by atoms with Gasteiger partial charge in [-0.05, 0) is 90.3 Å². The number of nitrogens with one attached hydrogen (secondary N) is 2. The zero-order valence-corrected chi connectivity index (χ0v) is 37.5. The van der Waals surface area contributed by atoms with Crippen LogP contribution in [0.4, 0.5) is 11.4 Å². The van der Waals surface area contributed by atoms with E-state index in [-0.39, 0.29) is 50.9 Å². The first kappa shape index (κ1) is 45.9. The number of ether oxygens (including phenoxy) is 2. The number of imide groups is 1. The summed E-state index contributed by atoms with van der Waals surface area (Å²) >= 11 is 7.11. The number of alkyl halides is 1. The minimum Gasteiger partial charge on any atom is -0.497 e. The fourth-order valence-electron chi connectivity index (χ4n) is 7.29. The minimum absolute atomic E-state index is 0.00683. The molecule has 5 aromatic carbocycles. The highest BCUT2D eigenvalue weighted by molar-refractivity contribution is 6.53. The molecule has 6 rings (SSSR count). The van der Waals surface area contributed by atoms with E-state index in [1.807, 2.05) is 12.1 Å². The number of fused-ring (bicyclic) bond motifs is 1. The van der Waals surface area contributed by atoms with Crippen LogP contribution in [0.2, 0.25) is 0 Å². The molecule has 0 aromatic heterocycles. The van der Waals surface area contributed by atoms with Crippen molar-refractivity contribution >= 4 is 58.2 Å². The number of halogens is 1. The van der Waals surface area contributed by atoms with Gasteiger partial charge in [0.2, 0.25) is 5.78 Å². The van der Waals surface area contributed by atoms with Gasteiger partial charge < -0.3 is 20.1 Å². The van der Waals surface area contributed by atoms with Gasteiger partial charge in [-0.1, -0.05) is 121 Å². The largest absolute Gasteiger partial charge is 0.497 e. The van der Waals surface area contributed by atoms with Crippen LogP contribution in [-0.2, 0) is 20.4 Å². The molecule has 0 bridgehead atoms. The molecule has 12 heteroatoms. The third kappa shape index (κ3) is 9.02. The van der Waals surface area contributed by atoms with Crippen LogP contribution in [0.3, 0.4) is 0 Å². The standard InChI is InChI=1S/C51H52ClN3O8/c1-9-40(63-41-27-24-33(49(4,5)10-2)28-39(41)50(6,7)11-3)45(58)53-35-29-37(43(56)31-18-14-12-15-19-31)42-38(30-35)46(59)55(47(42)60)51(52,48(61)54-34-20-16-13-17-21-34)44(57)32-22-25-36(62-8)26-23-32/h12-30,40H,9-11H2,1-8H3,(H,53,58)(H,54,61). The molecule has 5 aromatic rings. The number of hydrogen-bond donors (Lipinski definition) is 2. The number of Topliss-reactive ketones (excluding diaryl/α,β-unsaturated/α-hetero) is 1. The molecule has 2 N–H and O–H groups in total. The van der Waals surface area contributed by atoms with Crippen molar-refractivity contribution in [1.82, 2.24) is 4.90 Å². The van der Waals surface area contributed by atoms with Crippen LogP contribution < -0.4 is 20.1 Å². The van der Waals surface area contributed by atoms with E-state index in [2.05, 4.69) is 58.2 Å². The van der Waals surface area contributed by atoms with Crippen LogP contribution in [0.15, 0.2) is 115 Å². The molecule has 1 heterocycles. The Morgan fingerprint density at radius 1 is 0.698 bits per heavy atom. The van der Waals surface area contributed by atoms with Gasteiger partial charge in [0.25, 0.3) is 28.6 Å². The summed E-state index contributed by atoms with van der Waals surface area (Å²) in [7, 11) is 1.44. The third-order valence-corrected chi connectivity index (χ3v) is 12.5. The van der Waals surface area contributed by atoms with Crippen LogP contribution >= 0.6 is 11.6 Å². The van der Waals surface area contributed by atoms with E-state index in [0.717, 1.165) is 24.0 Å². The van der Waals surface area contributed by atoms with Gasteiger partial charge in [0.05, 0.1) is 18.2 Å². The number of nitrogens with zero attached hydrogens (tertiary/aromatic N) is 1. The van der Waals surface area contributed by atoms with Gasteiger partial charge in [-0.3, -0.25) is 28.8 Å². The maximum atomic E-state index is 14.7. The number of methoxy groups -OCH3 is 1. The van der Waals surface area contributed by atoms with Crippen LogP contribution in [0.1, 0.15) is 126 Å². The third-order valence-electron chi connectivity index (χ3n) is 12.0. The van der Waals surface area contributed by atoms with E-state index < -0.39 is 51.9 Å². The highest BCUT2D eigenvalue weighted by Crippen LogP contribution is 2.41. The molecule has 1 aliphatic heterocycles. The van der Waals surface area contributed by atoms with Crippen molar-refractivity contribution in [3.63, 3.8) is 0 Å². The molecule has 4 amide bonds. The van der Waals surface area contributed by atoms with Crippen molar-refractivity contribution in [3.05, 3.63) is 154 Å². The Bertz CT molecular complexity index is 2570. The van der Waals surface area contributed by atoms with Crippen molar-refractivity contribution < 1.29 is 38.2 Å². The van der Waals surface area contributed by atoms with Crippen LogP contribution in [0.5, 0.6) is 11.5 Å². The maximum absolute atomic E-state index is 14.7. The number of carbonyl (C=O) groups is 6. The Morgan fingerprint density at radius 3 is 1.90 bits per heavy atom. The highest BCUT2D eigenvalue weighted by Gasteiger charge is 2.59. The lowest BCUT2D eigenvalue weighted by Crippen LogP contribution is -2.60. The molecule has 1 aliphatic rings. The first-order chi connectivity index (χ1) is 29.9. The predicted octanol–water partition coefficient (Wildman–Crippen LogP) is 10.2. The van der Waals surface area contributed by atoms with Crippen molar-refractivity contribution in [2.45, 2.75) is 89.7 Å². The SMILES string of the molecule is CCC(Oc1ccc(C(C)(C)CC)cc1C(C)(C)CC)C(=O)Nc1cc(C(=O)c2ccccc2)c2c(c1)C(=O)N(C(Cl)(C(=O)Nc1ccccc1)C(=O)c1ccc(OC)cc1)C2=O. The Kier molecular flexibility index (Phi) is 13.4. The first-order valence-corrected chi connectivity index (χ1v) is 21.3. The Labute approximate surface area is 373 Å². The lowest BCUT2D eigenvalue weighted by atomic mass is 9.76. The monoisotopic (exact) mass is 869 g/mol. The van der Waals surface area contributed by atoms with E-state index in [0.29, 0.717) is 16.4 Å². The van der Waals surface area contributed by atoms with Crippen molar-refractivity contribution in [2.75, 3.05) is 17.7 Å². The van der Waals surface area contributed by atoms with Gasteiger partial charge in [-0.15, -0.1) is 0 Å². The van der Waals surface area contributed by atoms with E-state index in [4.69, 9.17) is 21.1 Å². The summed E-state index contributed by atoms with van der Waals surface area (Å²) < 4.78 is 11.7. The average molecular weight is 870 g/mol. The van der Waals surface area contributed by atoms with Crippen molar-refractivity contribution in [1.29, 1.82) is 0 Å². The molecule has 0 fully saturated rings. The molecular weight excluding hydrogens is 818 g/mol. The smallest absolute Gasteiger partial charge is 0.274 e. The normalized spacial score (nSPS) is 14.0. The van der Waals surface area contributed by atoms with Crippen molar-refractivity contribution in [3.8, 4) is 11.5 Å². The summed E-state index contributed by atoms with van der Waals surface area (Å²) in [4.78, 5) is 84.2. The summed E-state index contributed by atoms with van der Waals surface area (Å²) in [6.45, 7) is 14.7. The van der Waals surface area contributed by atoms with E-state index in [1.54, 1.807) is 55.5 Å². The number of ketones is 2. The summed E-state index contributed by atoms with van der Waals surface area (Å²) in [6.07, 6.45) is 0.968. The molecule has 0 saturated carbocycles. The van der Waals surface area contributed by atoms with Crippen LogP contribution in [0.25, 0.3) is 0 Å². The summed E-state index contributed by atoms with van der Waals surface area (Å²) in [5.74, 6) is -4.89.